The number of hydrogen-bond acceptors (Lipinski definition) is 4. The molecule has 5 rings (SSSR count). The lowest BCUT2D eigenvalue weighted by atomic mass is 9.79. The highest BCUT2D eigenvalue weighted by molar-refractivity contribution is 6.01. The van der Waals surface area contributed by atoms with E-state index in [0.717, 1.165) is 50.3 Å². The standard InChI is InChI=1S/C29H33N3O/c1-20(2)31-15-17-32(18-16-31)25-11-5-23(6-12-25)29-27(21-3-9-24(30)10-4-21)14-8-22-7-13-26(33)19-28(22)29/h3-7,9-13,19-20,33H,8,14-18,30H2,1-2H3. The molecule has 33 heavy (non-hydrogen) atoms. The van der Waals surface area contributed by atoms with Gasteiger partial charge in [0.2, 0.25) is 0 Å². The van der Waals surface area contributed by atoms with Crippen molar-refractivity contribution in [1.29, 1.82) is 0 Å². The second-order valence-electron chi connectivity index (χ2n) is 9.48. The minimum Gasteiger partial charge on any atom is -0.508 e. The van der Waals surface area contributed by atoms with E-state index in [1.54, 1.807) is 6.07 Å². The molecule has 0 atom stereocenters. The molecule has 0 spiro atoms. The van der Waals surface area contributed by atoms with E-state index in [2.05, 4.69) is 66.1 Å². The molecule has 0 radical (unpaired) electrons. The Morgan fingerprint density at radius 1 is 0.788 bits per heavy atom. The zero-order valence-electron chi connectivity index (χ0n) is 19.6. The van der Waals surface area contributed by atoms with E-state index in [9.17, 15) is 5.11 Å². The van der Waals surface area contributed by atoms with E-state index in [1.807, 2.05) is 18.2 Å². The van der Waals surface area contributed by atoms with Crippen molar-refractivity contribution in [2.45, 2.75) is 32.7 Å². The van der Waals surface area contributed by atoms with Crippen LogP contribution in [0.25, 0.3) is 11.1 Å². The third kappa shape index (κ3) is 4.36. The Bertz CT molecular complexity index is 1150. The Labute approximate surface area is 197 Å². The topological polar surface area (TPSA) is 52.7 Å². The fourth-order valence-corrected chi connectivity index (χ4v) is 5.20. The lowest BCUT2D eigenvalue weighted by Gasteiger charge is -2.38. The van der Waals surface area contributed by atoms with Gasteiger partial charge >= 0.3 is 0 Å². The van der Waals surface area contributed by atoms with Crippen molar-refractivity contribution in [1.82, 2.24) is 4.90 Å². The van der Waals surface area contributed by atoms with E-state index in [0.29, 0.717) is 11.8 Å². The van der Waals surface area contributed by atoms with Crippen LogP contribution >= 0.6 is 0 Å². The molecule has 170 valence electrons. The van der Waals surface area contributed by atoms with Crippen LogP contribution in [0.1, 0.15) is 42.5 Å². The van der Waals surface area contributed by atoms with Gasteiger partial charge in [0.15, 0.2) is 0 Å². The van der Waals surface area contributed by atoms with Crippen LogP contribution in [0.15, 0.2) is 66.7 Å². The van der Waals surface area contributed by atoms with E-state index in [4.69, 9.17) is 5.73 Å². The van der Waals surface area contributed by atoms with Crippen molar-refractivity contribution in [2.24, 2.45) is 0 Å². The number of anilines is 2. The molecule has 0 unspecified atom stereocenters. The summed E-state index contributed by atoms with van der Waals surface area (Å²) in [5.41, 5.74) is 15.3. The number of aromatic hydroxyl groups is 1. The first kappa shape index (κ1) is 21.6. The summed E-state index contributed by atoms with van der Waals surface area (Å²) in [7, 11) is 0. The summed E-state index contributed by atoms with van der Waals surface area (Å²) < 4.78 is 0. The summed E-state index contributed by atoms with van der Waals surface area (Å²) in [5.74, 6) is 0.310. The largest absolute Gasteiger partial charge is 0.508 e. The highest BCUT2D eigenvalue weighted by atomic mass is 16.3. The number of nitrogens with two attached hydrogens (primary N) is 1. The molecule has 4 nitrogen and oxygen atoms in total. The number of allylic oxidation sites excluding steroid dienone is 1. The molecular formula is C29H33N3O. The van der Waals surface area contributed by atoms with Gasteiger partial charge in [-0.3, -0.25) is 4.90 Å². The van der Waals surface area contributed by atoms with E-state index in [1.165, 1.54) is 33.5 Å². The summed E-state index contributed by atoms with van der Waals surface area (Å²) in [5, 5.41) is 10.3. The van der Waals surface area contributed by atoms with Gasteiger partial charge in [0.25, 0.3) is 0 Å². The van der Waals surface area contributed by atoms with Crippen LogP contribution in [0.3, 0.4) is 0 Å². The van der Waals surface area contributed by atoms with E-state index in [-0.39, 0.29) is 0 Å². The summed E-state index contributed by atoms with van der Waals surface area (Å²) >= 11 is 0. The highest BCUT2D eigenvalue weighted by Crippen LogP contribution is 2.42. The second-order valence-corrected chi connectivity index (χ2v) is 9.48. The summed E-state index contributed by atoms with van der Waals surface area (Å²) in [4.78, 5) is 5.03. The highest BCUT2D eigenvalue weighted by Gasteiger charge is 2.23. The third-order valence-electron chi connectivity index (χ3n) is 7.13. The van der Waals surface area contributed by atoms with E-state index >= 15 is 0 Å². The van der Waals surface area contributed by atoms with Crippen LogP contribution in [0.4, 0.5) is 11.4 Å². The van der Waals surface area contributed by atoms with Crippen molar-refractivity contribution in [3.05, 3.63) is 89.0 Å². The first-order chi connectivity index (χ1) is 16.0. The molecule has 1 saturated heterocycles. The number of piperazine rings is 1. The molecular weight excluding hydrogens is 406 g/mol. The van der Waals surface area contributed by atoms with Crippen LogP contribution < -0.4 is 10.6 Å². The maximum Gasteiger partial charge on any atom is 0.116 e. The molecule has 0 saturated carbocycles. The Morgan fingerprint density at radius 2 is 1.45 bits per heavy atom. The summed E-state index contributed by atoms with van der Waals surface area (Å²) in [6.07, 6.45) is 1.94. The lowest BCUT2D eigenvalue weighted by molar-refractivity contribution is 0.209. The molecule has 3 aromatic rings. The third-order valence-corrected chi connectivity index (χ3v) is 7.13. The fourth-order valence-electron chi connectivity index (χ4n) is 5.20. The molecule has 1 aliphatic heterocycles. The number of benzene rings is 3. The smallest absolute Gasteiger partial charge is 0.116 e. The van der Waals surface area contributed by atoms with Crippen molar-refractivity contribution in [3.63, 3.8) is 0 Å². The molecule has 1 heterocycles. The Kier molecular flexibility index (Phi) is 5.86. The minimum absolute atomic E-state index is 0.310. The van der Waals surface area contributed by atoms with Crippen LogP contribution in [0.2, 0.25) is 0 Å². The molecule has 2 aliphatic rings. The monoisotopic (exact) mass is 439 g/mol. The molecule has 0 bridgehead atoms. The van der Waals surface area contributed by atoms with Crippen LogP contribution in [0, 0.1) is 0 Å². The Morgan fingerprint density at radius 3 is 2.12 bits per heavy atom. The molecule has 0 aromatic heterocycles. The minimum atomic E-state index is 0.310. The average molecular weight is 440 g/mol. The number of hydrogen-bond donors (Lipinski definition) is 2. The Hall–Kier alpha value is -3.24. The first-order valence-corrected chi connectivity index (χ1v) is 12.0. The van der Waals surface area contributed by atoms with Gasteiger partial charge in [0.1, 0.15) is 5.75 Å². The zero-order valence-corrected chi connectivity index (χ0v) is 19.6. The number of nitrogen functional groups attached to an aromatic ring is 1. The van der Waals surface area contributed by atoms with Gasteiger partial charge in [0.05, 0.1) is 0 Å². The van der Waals surface area contributed by atoms with E-state index < -0.39 is 0 Å². The molecule has 1 aliphatic carbocycles. The Balaban J connectivity index is 1.52. The van der Waals surface area contributed by atoms with Gasteiger partial charge in [-0.15, -0.1) is 0 Å². The maximum absolute atomic E-state index is 10.3. The second kappa shape index (κ2) is 8.95. The summed E-state index contributed by atoms with van der Waals surface area (Å²) in [6, 6.07) is 23.5. The fraction of sp³-hybridized carbons (Fsp3) is 0.310. The lowest BCUT2D eigenvalue weighted by Crippen LogP contribution is -2.48. The zero-order chi connectivity index (χ0) is 22.9. The van der Waals surface area contributed by atoms with Gasteiger partial charge in [0, 0.05) is 43.6 Å². The maximum atomic E-state index is 10.3. The quantitative estimate of drug-likeness (QED) is 0.534. The number of nitrogens with zero attached hydrogens (tertiary/aromatic N) is 2. The molecule has 3 aromatic carbocycles. The van der Waals surface area contributed by atoms with Crippen molar-refractivity contribution in [3.8, 4) is 5.75 Å². The first-order valence-electron chi connectivity index (χ1n) is 12.0. The van der Waals surface area contributed by atoms with Gasteiger partial charge < -0.3 is 15.7 Å². The molecule has 0 amide bonds. The van der Waals surface area contributed by atoms with Gasteiger partial charge in [-0.25, -0.2) is 0 Å². The number of rotatable bonds is 4. The number of phenols is 1. The van der Waals surface area contributed by atoms with Gasteiger partial charge in [-0.05, 0) is 96.5 Å². The SMILES string of the molecule is CC(C)N1CCN(c2ccc(C3=C(c4ccc(N)cc4)CCc4ccc(O)cc43)cc2)CC1. The molecule has 4 heteroatoms. The van der Waals surface area contributed by atoms with Gasteiger partial charge in [-0.2, -0.15) is 0 Å². The number of phenolic OH excluding ortho intramolecular Hbond substituents is 1. The number of aryl methyl sites for hydroxylation is 1. The predicted octanol–water partition coefficient (Wildman–Crippen LogP) is 5.41. The average Bonchev–Trinajstić information content (AvgIpc) is 2.84. The van der Waals surface area contributed by atoms with Crippen LogP contribution in [0.5, 0.6) is 5.75 Å². The van der Waals surface area contributed by atoms with Crippen molar-refractivity contribution >= 4 is 22.5 Å². The van der Waals surface area contributed by atoms with Crippen LogP contribution in [-0.4, -0.2) is 42.2 Å². The van der Waals surface area contributed by atoms with Crippen LogP contribution in [-0.2, 0) is 6.42 Å². The van der Waals surface area contributed by atoms with Gasteiger partial charge in [-0.1, -0.05) is 30.3 Å². The number of fused-ring (bicyclic) bond motifs is 1. The predicted molar refractivity (Wildman–Crippen MR) is 139 cm³/mol. The molecule has 3 N–H and O–H groups in total. The van der Waals surface area contributed by atoms with Crippen molar-refractivity contribution < 1.29 is 5.11 Å². The van der Waals surface area contributed by atoms with Crippen molar-refractivity contribution in [2.75, 3.05) is 36.8 Å². The summed E-state index contributed by atoms with van der Waals surface area (Å²) in [6.45, 7) is 8.89. The molecule has 1 fully saturated rings. The normalized spacial score (nSPS) is 16.9.